The van der Waals surface area contributed by atoms with Crippen molar-refractivity contribution in [3.63, 3.8) is 0 Å². The van der Waals surface area contributed by atoms with E-state index in [1.165, 1.54) is 6.20 Å². The molecule has 0 aliphatic rings. The third-order valence-electron chi connectivity index (χ3n) is 1.50. The maximum atomic E-state index is 11.0. The fourth-order valence-corrected chi connectivity index (χ4v) is 1.09. The van der Waals surface area contributed by atoms with Crippen molar-refractivity contribution < 1.29 is 9.65 Å². The first kappa shape index (κ1) is 8.45. The summed E-state index contributed by atoms with van der Waals surface area (Å²) in [7, 11) is 0. The molecule has 1 heterocycles. The van der Waals surface area contributed by atoms with Crippen LogP contribution in [-0.2, 0) is 0 Å². The number of pyridine rings is 1. The lowest BCUT2D eigenvalue weighted by atomic mass is 10.2. The molecule has 0 N–H and O–H groups in total. The highest BCUT2D eigenvalue weighted by molar-refractivity contribution is 5.28. The second-order valence-electron chi connectivity index (χ2n) is 2.61. The molecule has 64 valence electrons. The molecule has 0 saturated heterocycles. The first-order valence-corrected chi connectivity index (χ1v) is 3.37. The van der Waals surface area contributed by atoms with E-state index in [1.807, 2.05) is 0 Å². The number of nitrogens with zero attached hydrogens (tertiary/aromatic N) is 2. The van der Waals surface area contributed by atoms with Crippen molar-refractivity contribution in [2.24, 2.45) is 0 Å². The lowest BCUT2D eigenvalue weighted by Crippen LogP contribution is -2.30. The van der Waals surface area contributed by atoms with E-state index in [-0.39, 0.29) is 4.73 Å². The van der Waals surface area contributed by atoms with E-state index in [4.69, 9.17) is 0 Å². The molecule has 1 rings (SSSR count). The number of aryl methyl sites for hydroxylation is 2. The molecule has 0 atom stereocenters. The number of aromatic nitrogens is 1. The Hall–Kier alpha value is -1.65. The van der Waals surface area contributed by atoms with Crippen molar-refractivity contribution in [1.82, 2.24) is 0 Å². The van der Waals surface area contributed by atoms with Crippen LogP contribution in [0, 0.1) is 29.2 Å². The Morgan fingerprint density at radius 2 is 2.08 bits per heavy atom. The fraction of sp³-hybridized carbons (Fsp3) is 0.286. The van der Waals surface area contributed by atoms with Gasteiger partial charge in [-0.1, -0.05) is 0 Å². The van der Waals surface area contributed by atoms with Gasteiger partial charge in [-0.05, 0) is 19.9 Å². The molecule has 0 unspecified atom stereocenters. The van der Waals surface area contributed by atoms with Gasteiger partial charge in [-0.15, -0.1) is 4.73 Å². The molecular weight excluding hydrogens is 160 g/mol. The summed E-state index contributed by atoms with van der Waals surface area (Å²) in [5.41, 5.74) is 1.10. The summed E-state index contributed by atoms with van der Waals surface area (Å²) in [6.45, 7) is 3.25. The SMILES string of the molecule is Cc1cc(C)c([N+](=O)[O-])[n+]([O-])c1. The van der Waals surface area contributed by atoms with E-state index in [0.29, 0.717) is 11.1 Å². The van der Waals surface area contributed by atoms with Gasteiger partial charge in [-0.25, -0.2) is 0 Å². The van der Waals surface area contributed by atoms with Gasteiger partial charge < -0.3 is 5.21 Å². The van der Waals surface area contributed by atoms with Crippen molar-refractivity contribution in [2.45, 2.75) is 13.8 Å². The summed E-state index contributed by atoms with van der Waals surface area (Å²) in [6, 6.07) is 1.60. The zero-order chi connectivity index (χ0) is 9.30. The van der Waals surface area contributed by atoms with Crippen LogP contribution >= 0.6 is 0 Å². The Morgan fingerprint density at radius 1 is 1.50 bits per heavy atom. The quantitative estimate of drug-likeness (QED) is 0.270. The van der Waals surface area contributed by atoms with Crippen molar-refractivity contribution >= 4 is 5.82 Å². The summed E-state index contributed by atoms with van der Waals surface area (Å²) in [6.07, 6.45) is 1.19. The Bertz CT molecular complexity index is 312. The molecule has 0 amide bonds. The second-order valence-corrected chi connectivity index (χ2v) is 2.61. The van der Waals surface area contributed by atoms with E-state index in [9.17, 15) is 15.3 Å². The first-order valence-electron chi connectivity index (χ1n) is 3.37. The van der Waals surface area contributed by atoms with Crippen LogP contribution in [0.15, 0.2) is 12.3 Å². The van der Waals surface area contributed by atoms with E-state index in [1.54, 1.807) is 19.9 Å². The molecule has 5 nitrogen and oxygen atoms in total. The zero-order valence-corrected chi connectivity index (χ0v) is 6.77. The minimum absolute atomic E-state index is 0.282. The number of hydrogen-bond donors (Lipinski definition) is 0. The van der Waals surface area contributed by atoms with Crippen molar-refractivity contribution in [3.8, 4) is 0 Å². The number of rotatable bonds is 1. The van der Waals surface area contributed by atoms with Gasteiger partial charge in [0.25, 0.3) is 0 Å². The van der Waals surface area contributed by atoms with Gasteiger partial charge in [0.15, 0.2) is 6.20 Å². The summed E-state index contributed by atoms with van der Waals surface area (Å²) in [5, 5.41) is 21.3. The van der Waals surface area contributed by atoms with Gasteiger partial charge in [-0.3, -0.25) is 10.1 Å². The van der Waals surface area contributed by atoms with Gasteiger partial charge >= 0.3 is 5.82 Å². The minimum atomic E-state index is -0.679. The molecular formula is C7H8N2O3. The molecule has 0 bridgehead atoms. The van der Waals surface area contributed by atoms with Crippen LogP contribution in [0.5, 0.6) is 0 Å². The normalized spacial score (nSPS) is 9.83. The molecule has 0 aliphatic heterocycles. The molecule has 0 saturated carbocycles. The van der Waals surface area contributed by atoms with Gasteiger partial charge in [0.1, 0.15) is 10.5 Å². The lowest BCUT2D eigenvalue weighted by molar-refractivity contribution is -0.665. The van der Waals surface area contributed by atoms with Crippen molar-refractivity contribution in [1.29, 1.82) is 0 Å². The lowest BCUT2D eigenvalue weighted by Gasteiger charge is -1.99. The maximum Gasteiger partial charge on any atom is 0.515 e. The fourth-order valence-electron chi connectivity index (χ4n) is 1.09. The van der Waals surface area contributed by atoms with Gasteiger partial charge in [0.05, 0.1) is 0 Å². The number of hydrogen-bond acceptors (Lipinski definition) is 3. The smallest absolute Gasteiger partial charge is 0.515 e. The summed E-state index contributed by atoms with van der Waals surface area (Å²) < 4.78 is 0.282. The number of nitro groups is 1. The molecule has 0 aromatic carbocycles. The van der Waals surface area contributed by atoms with Gasteiger partial charge in [0, 0.05) is 5.56 Å². The Labute approximate surface area is 69.0 Å². The molecule has 12 heavy (non-hydrogen) atoms. The standard InChI is InChI=1S/C7H8N2O3/c1-5-3-6(2)7(9(11)12)8(10)4-5/h3-4H,1-2H3. The average molecular weight is 168 g/mol. The van der Waals surface area contributed by atoms with E-state index >= 15 is 0 Å². The predicted molar refractivity (Wildman–Crippen MR) is 41.5 cm³/mol. The van der Waals surface area contributed by atoms with Crippen molar-refractivity contribution in [2.75, 3.05) is 0 Å². The largest absolute Gasteiger partial charge is 0.614 e. The molecule has 0 fully saturated rings. The van der Waals surface area contributed by atoms with Crippen LogP contribution in [0.4, 0.5) is 5.82 Å². The third-order valence-corrected chi connectivity index (χ3v) is 1.50. The van der Waals surface area contributed by atoms with E-state index in [0.717, 1.165) is 0 Å². The molecule has 1 aromatic rings. The highest BCUT2D eigenvalue weighted by atomic mass is 16.6. The van der Waals surface area contributed by atoms with E-state index < -0.39 is 10.7 Å². The Kier molecular flexibility index (Phi) is 1.95. The Morgan fingerprint density at radius 3 is 2.50 bits per heavy atom. The Balaban J connectivity index is 3.38. The highest BCUT2D eigenvalue weighted by Crippen LogP contribution is 2.11. The van der Waals surface area contributed by atoms with Crippen LogP contribution < -0.4 is 4.73 Å². The molecule has 5 heteroatoms. The minimum Gasteiger partial charge on any atom is -0.614 e. The summed E-state index contributed by atoms with van der Waals surface area (Å²) in [5.74, 6) is -0.402. The highest BCUT2D eigenvalue weighted by Gasteiger charge is 2.22. The topological polar surface area (TPSA) is 70.1 Å². The third kappa shape index (κ3) is 1.34. The predicted octanol–water partition coefficient (Wildman–Crippen LogP) is 0.845. The molecule has 0 spiro atoms. The van der Waals surface area contributed by atoms with Gasteiger partial charge in [-0.2, -0.15) is 0 Å². The maximum absolute atomic E-state index is 11.0. The summed E-state index contributed by atoms with van der Waals surface area (Å²) in [4.78, 5) is 9.66. The molecule has 0 radical (unpaired) electrons. The van der Waals surface area contributed by atoms with Crippen LogP contribution in [-0.4, -0.2) is 4.92 Å². The van der Waals surface area contributed by atoms with Gasteiger partial charge in [0.2, 0.25) is 0 Å². The van der Waals surface area contributed by atoms with Crippen molar-refractivity contribution in [3.05, 3.63) is 38.7 Å². The average Bonchev–Trinajstić information content (AvgIpc) is 1.82. The van der Waals surface area contributed by atoms with Crippen LogP contribution in [0.3, 0.4) is 0 Å². The van der Waals surface area contributed by atoms with Crippen LogP contribution in [0.25, 0.3) is 0 Å². The zero-order valence-electron chi connectivity index (χ0n) is 6.77. The first-order chi connectivity index (χ1) is 5.52. The second kappa shape index (κ2) is 2.77. The van der Waals surface area contributed by atoms with Crippen LogP contribution in [0.1, 0.15) is 11.1 Å². The molecule has 1 aromatic heterocycles. The van der Waals surface area contributed by atoms with Crippen LogP contribution in [0.2, 0.25) is 0 Å². The summed E-state index contributed by atoms with van der Waals surface area (Å²) >= 11 is 0. The van der Waals surface area contributed by atoms with E-state index in [2.05, 4.69) is 0 Å². The molecule has 0 aliphatic carbocycles. The monoisotopic (exact) mass is 168 g/mol.